The number of nitrogens with zero attached hydrogens (tertiary/aromatic N) is 1. The highest BCUT2D eigenvalue weighted by molar-refractivity contribution is 6.34. The van der Waals surface area contributed by atoms with Crippen LogP contribution in [0.25, 0.3) is 0 Å². The predicted molar refractivity (Wildman–Crippen MR) is 90.9 cm³/mol. The minimum Gasteiger partial charge on any atom is -0.339 e. The summed E-state index contributed by atoms with van der Waals surface area (Å²) >= 11 is 5.78. The van der Waals surface area contributed by atoms with Crippen LogP contribution in [0.2, 0.25) is 5.02 Å². The highest BCUT2D eigenvalue weighted by Gasteiger charge is 2.19. The third-order valence-electron chi connectivity index (χ3n) is 4.04. The second-order valence-corrected chi connectivity index (χ2v) is 6.18. The van der Waals surface area contributed by atoms with Gasteiger partial charge >= 0.3 is 0 Å². The molecule has 1 fully saturated rings. The highest BCUT2D eigenvalue weighted by atomic mass is 35.5. The van der Waals surface area contributed by atoms with Crippen LogP contribution in [0.3, 0.4) is 0 Å². The van der Waals surface area contributed by atoms with Crippen LogP contribution in [0, 0.1) is 11.6 Å². The van der Waals surface area contributed by atoms with Gasteiger partial charge in [0.1, 0.15) is 0 Å². The first kappa shape index (κ1) is 17.4. The van der Waals surface area contributed by atoms with Gasteiger partial charge in [-0.3, -0.25) is 9.59 Å². The topological polar surface area (TPSA) is 49.4 Å². The Balaban J connectivity index is 1.72. The zero-order valence-electron chi connectivity index (χ0n) is 13.2. The molecule has 1 saturated heterocycles. The molecule has 25 heavy (non-hydrogen) atoms. The lowest BCUT2D eigenvalue weighted by Crippen LogP contribution is -2.27. The Morgan fingerprint density at radius 3 is 2.24 bits per heavy atom. The molecule has 2 aromatic carbocycles. The fourth-order valence-electron chi connectivity index (χ4n) is 2.69. The van der Waals surface area contributed by atoms with E-state index < -0.39 is 17.5 Å². The van der Waals surface area contributed by atoms with Crippen LogP contribution in [0.15, 0.2) is 36.4 Å². The van der Waals surface area contributed by atoms with Crippen LogP contribution in [0.1, 0.15) is 33.6 Å². The van der Waals surface area contributed by atoms with Crippen LogP contribution in [-0.2, 0) is 0 Å². The molecule has 0 bridgehead atoms. The van der Waals surface area contributed by atoms with Crippen LogP contribution >= 0.6 is 11.6 Å². The Morgan fingerprint density at radius 1 is 1.00 bits per heavy atom. The monoisotopic (exact) mass is 364 g/mol. The van der Waals surface area contributed by atoms with E-state index in [0.29, 0.717) is 11.3 Å². The van der Waals surface area contributed by atoms with Gasteiger partial charge in [0.15, 0.2) is 11.6 Å². The summed E-state index contributed by atoms with van der Waals surface area (Å²) in [5.74, 6) is -2.98. The number of halogens is 3. The number of carbonyl (C=O) groups excluding carboxylic acids is 2. The second-order valence-electron chi connectivity index (χ2n) is 5.78. The van der Waals surface area contributed by atoms with E-state index >= 15 is 0 Å². The second kappa shape index (κ2) is 7.19. The summed E-state index contributed by atoms with van der Waals surface area (Å²) in [5.41, 5.74) is 0.785. The maximum absolute atomic E-state index is 13.3. The standard InChI is InChI=1S/C18H15ClF2N2O2/c19-14-10-16(21)15(20)9-13(14)17(24)22-12-5-3-11(4-6-12)18(25)23-7-1-2-8-23/h3-6,9-10H,1-2,7-8H2,(H,22,24). The molecule has 7 heteroatoms. The molecule has 3 rings (SSSR count). The Kier molecular flexibility index (Phi) is 4.99. The van der Waals surface area contributed by atoms with Gasteiger partial charge in [0.25, 0.3) is 11.8 Å². The smallest absolute Gasteiger partial charge is 0.257 e. The lowest BCUT2D eigenvalue weighted by atomic mass is 10.1. The van der Waals surface area contributed by atoms with Crippen molar-refractivity contribution in [2.45, 2.75) is 12.8 Å². The van der Waals surface area contributed by atoms with Gasteiger partial charge in [0.05, 0.1) is 10.6 Å². The molecular formula is C18H15ClF2N2O2. The summed E-state index contributed by atoms with van der Waals surface area (Å²) in [6.45, 7) is 1.51. The molecule has 1 heterocycles. The average molecular weight is 365 g/mol. The number of nitrogens with one attached hydrogen (secondary N) is 1. The number of carbonyl (C=O) groups is 2. The molecule has 0 radical (unpaired) electrons. The number of hydrogen-bond acceptors (Lipinski definition) is 2. The number of amides is 2. The molecule has 0 saturated carbocycles. The molecule has 4 nitrogen and oxygen atoms in total. The molecule has 0 spiro atoms. The minimum absolute atomic E-state index is 0.0426. The highest BCUT2D eigenvalue weighted by Crippen LogP contribution is 2.22. The zero-order valence-corrected chi connectivity index (χ0v) is 13.9. The Bertz CT molecular complexity index is 819. The lowest BCUT2D eigenvalue weighted by Gasteiger charge is -2.15. The quantitative estimate of drug-likeness (QED) is 0.833. The molecule has 2 aromatic rings. The van der Waals surface area contributed by atoms with Crippen molar-refractivity contribution >= 4 is 29.1 Å². The third kappa shape index (κ3) is 3.79. The zero-order chi connectivity index (χ0) is 18.0. The van der Waals surface area contributed by atoms with E-state index in [1.54, 1.807) is 29.2 Å². The van der Waals surface area contributed by atoms with E-state index in [4.69, 9.17) is 11.6 Å². The number of anilines is 1. The van der Waals surface area contributed by atoms with Crippen molar-refractivity contribution in [2.24, 2.45) is 0 Å². The van der Waals surface area contributed by atoms with Crippen molar-refractivity contribution in [2.75, 3.05) is 18.4 Å². The maximum Gasteiger partial charge on any atom is 0.257 e. The maximum atomic E-state index is 13.3. The van der Waals surface area contributed by atoms with Gasteiger partial charge in [0, 0.05) is 24.3 Å². The summed E-state index contributed by atoms with van der Waals surface area (Å²) < 4.78 is 26.4. The Hall–Kier alpha value is -2.47. The van der Waals surface area contributed by atoms with E-state index in [9.17, 15) is 18.4 Å². The van der Waals surface area contributed by atoms with Gasteiger partial charge in [-0.1, -0.05) is 11.6 Å². The molecule has 1 N–H and O–H groups in total. The summed E-state index contributed by atoms with van der Waals surface area (Å²) in [6.07, 6.45) is 2.02. The van der Waals surface area contributed by atoms with Crippen molar-refractivity contribution in [3.63, 3.8) is 0 Å². The molecular weight excluding hydrogens is 350 g/mol. The fraction of sp³-hybridized carbons (Fsp3) is 0.222. The molecule has 1 aliphatic rings. The van der Waals surface area contributed by atoms with Crippen molar-refractivity contribution in [1.82, 2.24) is 4.90 Å². The first-order chi connectivity index (χ1) is 12.0. The van der Waals surface area contributed by atoms with Crippen LogP contribution < -0.4 is 5.32 Å². The summed E-state index contributed by atoms with van der Waals surface area (Å²) in [5, 5.41) is 2.36. The van der Waals surface area contributed by atoms with Gasteiger partial charge in [-0.15, -0.1) is 0 Å². The molecule has 0 atom stereocenters. The van der Waals surface area contributed by atoms with Crippen molar-refractivity contribution in [3.05, 3.63) is 64.2 Å². The minimum atomic E-state index is -1.15. The van der Waals surface area contributed by atoms with Gasteiger partial charge in [-0.25, -0.2) is 8.78 Å². The first-order valence-corrected chi connectivity index (χ1v) is 8.19. The lowest BCUT2D eigenvalue weighted by molar-refractivity contribution is 0.0792. The normalized spacial score (nSPS) is 13.8. The van der Waals surface area contributed by atoms with E-state index in [1.807, 2.05) is 0 Å². The fourth-order valence-corrected chi connectivity index (χ4v) is 2.93. The number of hydrogen-bond donors (Lipinski definition) is 1. The third-order valence-corrected chi connectivity index (χ3v) is 4.35. The van der Waals surface area contributed by atoms with E-state index in [0.717, 1.165) is 38.1 Å². The molecule has 0 unspecified atom stereocenters. The summed E-state index contributed by atoms with van der Waals surface area (Å²) in [7, 11) is 0. The number of benzene rings is 2. The molecule has 0 aliphatic carbocycles. The van der Waals surface area contributed by atoms with Gasteiger partial charge in [-0.05, 0) is 49.2 Å². The van der Waals surface area contributed by atoms with E-state index in [-0.39, 0.29) is 16.5 Å². The predicted octanol–water partition coefficient (Wildman–Crippen LogP) is 4.11. The van der Waals surface area contributed by atoms with Gasteiger partial charge < -0.3 is 10.2 Å². The van der Waals surface area contributed by atoms with Gasteiger partial charge in [0.2, 0.25) is 0 Å². The SMILES string of the molecule is O=C(Nc1ccc(C(=O)N2CCCC2)cc1)c1cc(F)c(F)cc1Cl. The first-order valence-electron chi connectivity index (χ1n) is 7.81. The number of rotatable bonds is 3. The summed E-state index contributed by atoms with van der Waals surface area (Å²) in [4.78, 5) is 26.2. The van der Waals surface area contributed by atoms with E-state index in [1.165, 1.54) is 0 Å². The molecule has 1 aliphatic heterocycles. The summed E-state index contributed by atoms with van der Waals surface area (Å²) in [6, 6.07) is 7.89. The average Bonchev–Trinajstić information content (AvgIpc) is 3.12. The number of likely N-dealkylation sites (tertiary alicyclic amines) is 1. The van der Waals surface area contributed by atoms with Crippen LogP contribution in [-0.4, -0.2) is 29.8 Å². The van der Waals surface area contributed by atoms with Crippen LogP contribution in [0.5, 0.6) is 0 Å². The Labute approximate surface area is 148 Å². The molecule has 130 valence electrons. The largest absolute Gasteiger partial charge is 0.339 e. The van der Waals surface area contributed by atoms with Gasteiger partial charge in [-0.2, -0.15) is 0 Å². The van der Waals surface area contributed by atoms with Crippen molar-refractivity contribution < 1.29 is 18.4 Å². The van der Waals surface area contributed by atoms with Crippen molar-refractivity contribution in [1.29, 1.82) is 0 Å². The van der Waals surface area contributed by atoms with Crippen LogP contribution in [0.4, 0.5) is 14.5 Å². The molecule has 0 aromatic heterocycles. The molecule has 2 amide bonds. The van der Waals surface area contributed by atoms with Crippen molar-refractivity contribution in [3.8, 4) is 0 Å². The Morgan fingerprint density at radius 2 is 1.60 bits per heavy atom. The van der Waals surface area contributed by atoms with E-state index in [2.05, 4.69) is 5.32 Å².